The van der Waals surface area contributed by atoms with Gasteiger partial charge >= 0.3 is 0 Å². The summed E-state index contributed by atoms with van der Waals surface area (Å²) in [5, 5.41) is 4.82. The standard InChI is InChI=1S/C18H14F2N2OS/c1-10-3-5-13(11(2)7-10)17(23)22-18-21-16(9-24-18)12-4-6-14(19)15(20)8-12/h3-9H,1-2H3,(H,21,22,23). The van der Waals surface area contributed by atoms with E-state index in [1.165, 1.54) is 17.4 Å². The zero-order valence-electron chi connectivity index (χ0n) is 13.1. The van der Waals surface area contributed by atoms with Crippen LogP contribution in [-0.4, -0.2) is 10.9 Å². The van der Waals surface area contributed by atoms with E-state index in [0.29, 0.717) is 22.0 Å². The predicted molar refractivity (Wildman–Crippen MR) is 91.3 cm³/mol. The van der Waals surface area contributed by atoms with Gasteiger partial charge in [-0.2, -0.15) is 0 Å². The van der Waals surface area contributed by atoms with Gasteiger partial charge < -0.3 is 0 Å². The second-order valence-corrected chi connectivity index (χ2v) is 6.30. The molecule has 1 heterocycles. The van der Waals surface area contributed by atoms with Crippen molar-refractivity contribution in [3.8, 4) is 11.3 Å². The van der Waals surface area contributed by atoms with Crippen LogP contribution in [-0.2, 0) is 0 Å². The van der Waals surface area contributed by atoms with Gasteiger partial charge in [0.25, 0.3) is 5.91 Å². The van der Waals surface area contributed by atoms with Crippen LogP contribution in [0.15, 0.2) is 41.8 Å². The average Bonchev–Trinajstić information content (AvgIpc) is 2.98. The van der Waals surface area contributed by atoms with Crippen LogP contribution in [0.3, 0.4) is 0 Å². The number of nitrogens with zero attached hydrogens (tertiary/aromatic N) is 1. The van der Waals surface area contributed by atoms with Crippen molar-refractivity contribution in [1.82, 2.24) is 4.98 Å². The SMILES string of the molecule is Cc1ccc(C(=O)Nc2nc(-c3ccc(F)c(F)c3)cs2)c(C)c1. The Morgan fingerprint density at radius 2 is 1.88 bits per heavy atom. The van der Waals surface area contributed by atoms with E-state index >= 15 is 0 Å². The smallest absolute Gasteiger partial charge is 0.257 e. The molecule has 24 heavy (non-hydrogen) atoms. The Labute approximate surface area is 142 Å². The number of hydrogen-bond acceptors (Lipinski definition) is 3. The molecule has 0 aliphatic heterocycles. The normalized spacial score (nSPS) is 10.7. The van der Waals surface area contributed by atoms with Crippen LogP contribution < -0.4 is 5.32 Å². The summed E-state index contributed by atoms with van der Waals surface area (Å²) in [5.41, 5.74) is 3.47. The lowest BCUT2D eigenvalue weighted by Gasteiger charge is -2.06. The molecule has 0 saturated heterocycles. The molecule has 1 N–H and O–H groups in total. The number of rotatable bonds is 3. The van der Waals surface area contributed by atoms with E-state index in [0.717, 1.165) is 23.3 Å². The third-order valence-corrected chi connectivity index (χ3v) is 4.32. The van der Waals surface area contributed by atoms with Gasteiger partial charge in [0.2, 0.25) is 0 Å². The number of halogens is 2. The Morgan fingerprint density at radius 1 is 1.08 bits per heavy atom. The van der Waals surface area contributed by atoms with Gasteiger partial charge in [-0.15, -0.1) is 11.3 Å². The molecule has 0 radical (unpaired) electrons. The highest BCUT2D eigenvalue weighted by molar-refractivity contribution is 7.14. The highest BCUT2D eigenvalue weighted by Crippen LogP contribution is 2.26. The second kappa shape index (κ2) is 6.49. The highest BCUT2D eigenvalue weighted by Gasteiger charge is 2.13. The van der Waals surface area contributed by atoms with Crippen molar-refractivity contribution in [3.05, 3.63) is 70.1 Å². The molecule has 0 bridgehead atoms. The van der Waals surface area contributed by atoms with Crippen LogP contribution in [0.2, 0.25) is 0 Å². The third kappa shape index (κ3) is 3.33. The first-order valence-electron chi connectivity index (χ1n) is 7.23. The largest absolute Gasteiger partial charge is 0.298 e. The molecule has 1 aromatic heterocycles. The quantitative estimate of drug-likeness (QED) is 0.730. The minimum Gasteiger partial charge on any atom is -0.298 e. The van der Waals surface area contributed by atoms with Crippen molar-refractivity contribution in [1.29, 1.82) is 0 Å². The number of carbonyl (C=O) groups is 1. The van der Waals surface area contributed by atoms with Crippen LogP contribution >= 0.6 is 11.3 Å². The lowest BCUT2D eigenvalue weighted by atomic mass is 10.1. The predicted octanol–water partition coefficient (Wildman–Crippen LogP) is 4.96. The van der Waals surface area contributed by atoms with E-state index in [2.05, 4.69) is 10.3 Å². The van der Waals surface area contributed by atoms with Crippen molar-refractivity contribution >= 4 is 22.4 Å². The molecular formula is C18H14F2N2OS. The molecule has 0 fully saturated rings. The van der Waals surface area contributed by atoms with Crippen molar-refractivity contribution < 1.29 is 13.6 Å². The molecule has 6 heteroatoms. The number of carbonyl (C=O) groups excluding carboxylic acids is 1. The van der Waals surface area contributed by atoms with Crippen molar-refractivity contribution in [2.75, 3.05) is 5.32 Å². The molecule has 3 aromatic rings. The number of amides is 1. The molecule has 1 amide bonds. The van der Waals surface area contributed by atoms with Crippen LogP contribution in [0.1, 0.15) is 21.5 Å². The van der Waals surface area contributed by atoms with Gasteiger partial charge in [-0.25, -0.2) is 13.8 Å². The molecule has 0 spiro atoms. The first-order valence-corrected chi connectivity index (χ1v) is 8.11. The maximum absolute atomic E-state index is 13.3. The number of aromatic nitrogens is 1. The molecular weight excluding hydrogens is 330 g/mol. The first kappa shape index (κ1) is 16.3. The summed E-state index contributed by atoms with van der Waals surface area (Å²) in [5.74, 6) is -2.09. The van der Waals surface area contributed by atoms with E-state index in [1.54, 1.807) is 11.4 Å². The Morgan fingerprint density at radius 3 is 2.58 bits per heavy atom. The van der Waals surface area contributed by atoms with Gasteiger partial charge in [0.05, 0.1) is 5.69 Å². The Bertz CT molecular complexity index is 921. The van der Waals surface area contributed by atoms with E-state index in [9.17, 15) is 13.6 Å². The molecule has 0 aliphatic carbocycles. The summed E-state index contributed by atoms with van der Waals surface area (Å²) < 4.78 is 26.3. The molecule has 0 saturated carbocycles. The minimum absolute atomic E-state index is 0.251. The van der Waals surface area contributed by atoms with Gasteiger partial charge in [0, 0.05) is 16.5 Å². The molecule has 3 nitrogen and oxygen atoms in total. The number of nitrogens with one attached hydrogen (secondary N) is 1. The zero-order chi connectivity index (χ0) is 17.3. The fourth-order valence-corrected chi connectivity index (χ4v) is 3.07. The number of anilines is 1. The summed E-state index contributed by atoms with van der Waals surface area (Å²) in [7, 11) is 0. The summed E-state index contributed by atoms with van der Waals surface area (Å²) in [6, 6.07) is 9.16. The van der Waals surface area contributed by atoms with Crippen LogP contribution in [0.4, 0.5) is 13.9 Å². The second-order valence-electron chi connectivity index (χ2n) is 5.44. The molecule has 0 unspecified atom stereocenters. The maximum atomic E-state index is 13.3. The van der Waals surface area contributed by atoms with Crippen molar-refractivity contribution in [3.63, 3.8) is 0 Å². The summed E-state index contributed by atoms with van der Waals surface area (Å²) >= 11 is 1.23. The van der Waals surface area contributed by atoms with Gasteiger partial charge in [0.15, 0.2) is 16.8 Å². The lowest BCUT2D eigenvalue weighted by molar-refractivity contribution is 0.102. The van der Waals surface area contributed by atoms with Gasteiger partial charge in [-0.3, -0.25) is 10.1 Å². The van der Waals surface area contributed by atoms with Gasteiger partial charge in [-0.1, -0.05) is 17.7 Å². The summed E-state index contributed by atoms with van der Waals surface area (Å²) in [6.45, 7) is 3.83. The van der Waals surface area contributed by atoms with E-state index in [4.69, 9.17) is 0 Å². The third-order valence-electron chi connectivity index (χ3n) is 3.57. The van der Waals surface area contributed by atoms with E-state index in [-0.39, 0.29) is 5.91 Å². The van der Waals surface area contributed by atoms with Gasteiger partial charge in [0.1, 0.15) is 0 Å². The summed E-state index contributed by atoms with van der Waals surface area (Å²) in [6.07, 6.45) is 0. The van der Waals surface area contributed by atoms with Crippen LogP contribution in [0.25, 0.3) is 11.3 Å². The molecule has 0 aliphatic rings. The Hall–Kier alpha value is -2.60. The Balaban J connectivity index is 1.80. The lowest BCUT2D eigenvalue weighted by Crippen LogP contribution is -2.13. The fraction of sp³-hybridized carbons (Fsp3) is 0.111. The minimum atomic E-state index is -0.929. The molecule has 0 atom stereocenters. The highest BCUT2D eigenvalue weighted by atomic mass is 32.1. The van der Waals surface area contributed by atoms with E-state index in [1.807, 2.05) is 26.0 Å². The first-order chi connectivity index (χ1) is 11.4. The van der Waals surface area contributed by atoms with Crippen LogP contribution in [0, 0.1) is 25.5 Å². The number of hydrogen-bond donors (Lipinski definition) is 1. The average molecular weight is 344 g/mol. The van der Waals surface area contributed by atoms with Crippen molar-refractivity contribution in [2.24, 2.45) is 0 Å². The van der Waals surface area contributed by atoms with E-state index < -0.39 is 11.6 Å². The number of aryl methyl sites for hydroxylation is 2. The maximum Gasteiger partial charge on any atom is 0.257 e. The number of thiazole rings is 1. The van der Waals surface area contributed by atoms with Gasteiger partial charge in [-0.05, 0) is 43.7 Å². The van der Waals surface area contributed by atoms with Crippen molar-refractivity contribution in [2.45, 2.75) is 13.8 Å². The Kier molecular flexibility index (Phi) is 4.40. The number of benzene rings is 2. The monoisotopic (exact) mass is 344 g/mol. The topological polar surface area (TPSA) is 42.0 Å². The summed E-state index contributed by atoms with van der Waals surface area (Å²) in [4.78, 5) is 16.6. The molecule has 3 rings (SSSR count). The zero-order valence-corrected chi connectivity index (χ0v) is 13.9. The molecule has 122 valence electrons. The molecule has 2 aromatic carbocycles. The fourth-order valence-electron chi connectivity index (χ4n) is 2.35. The van der Waals surface area contributed by atoms with Crippen LogP contribution in [0.5, 0.6) is 0 Å².